The summed E-state index contributed by atoms with van der Waals surface area (Å²) in [5, 5.41) is 11.7. The number of carbonyl (C=O) groups excluding carboxylic acids is 2. The zero-order valence-corrected chi connectivity index (χ0v) is 16.7. The Morgan fingerprint density at radius 1 is 0.964 bits per heavy atom. The van der Waals surface area contributed by atoms with Gasteiger partial charge in [-0.3, -0.25) is 4.79 Å². The molecule has 2 aromatic carbocycles. The van der Waals surface area contributed by atoms with Crippen molar-refractivity contribution in [2.45, 2.75) is 39.7 Å². The highest BCUT2D eigenvalue weighted by atomic mass is 16.5. The molecule has 0 aromatic heterocycles. The van der Waals surface area contributed by atoms with Gasteiger partial charge in [0.15, 0.2) is 6.61 Å². The molecule has 0 saturated carbocycles. The van der Waals surface area contributed by atoms with Gasteiger partial charge in [-0.1, -0.05) is 52.0 Å². The molecule has 2 rings (SSSR count). The minimum atomic E-state index is -0.595. The van der Waals surface area contributed by atoms with E-state index in [-0.39, 0.29) is 24.5 Å². The minimum absolute atomic E-state index is 0.165. The van der Waals surface area contributed by atoms with Crippen molar-refractivity contribution in [2.24, 2.45) is 5.92 Å². The average molecular weight is 378 g/mol. The topological polar surface area (TPSA) is 79.2 Å². The van der Waals surface area contributed by atoms with Crippen LogP contribution in [0.3, 0.4) is 0 Å². The van der Waals surface area contributed by atoms with Gasteiger partial charge in [-0.25, -0.2) is 4.79 Å². The third kappa shape index (κ3) is 5.68. The van der Waals surface area contributed by atoms with Gasteiger partial charge >= 0.3 is 5.97 Å². The van der Waals surface area contributed by atoms with Crippen molar-refractivity contribution < 1.29 is 14.3 Å². The van der Waals surface area contributed by atoms with Crippen LogP contribution in [-0.4, -0.2) is 18.5 Å². The maximum Gasteiger partial charge on any atom is 0.338 e. The Morgan fingerprint density at radius 2 is 1.54 bits per heavy atom. The molecule has 146 valence electrons. The summed E-state index contributed by atoms with van der Waals surface area (Å²) in [5.74, 6) is -0.318. The van der Waals surface area contributed by atoms with E-state index in [2.05, 4.69) is 31.3 Å². The number of hydrogen-bond donors (Lipinski definition) is 1. The normalized spacial score (nSPS) is 11.8. The van der Waals surface area contributed by atoms with Crippen molar-refractivity contribution in [3.8, 4) is 6.07 Å². The van der Waals surface area contributed by atoms with Gasteiger partial charge in [-0.05, 0) is 47.2 Å². The summed E-state index contributed by atoms with van der Waals surface area (Å²) in [6, 6.07) is 16.1. The SMILES string of the molecule is CC(C)c1ccc([C@H](NC(=O)COC(=O)c2ccc(C#N)cc2)C(C)C)cc1. The molecular formula is C23H26N2O3. The number of nitrogens with one attached hydrogen (secondary N) is 1. The van der Waals surface area contributed by atoms with Crippen LogP contribution in [0.1, 0.15) is 66.7 Å². The van der Waals surface area contributed by atoms with Gasteiger partial charge in [0.05, 0.1) is 23.2 Å². The van der Waals surface area contributed by atoms with Crippen LogP contribution < -0.4 is 5.32 Å². The molecule has 0 unspecified atom stereocenters. The van der Waals surface area contributed by atoms with E-state index in [0.29, 0.717) is 17.0 Å². The molecule has 0 heterocycles. The van der Waals surface area contributed by atoms with Crippen molar-refractivity contribution in [3.05, 3.63) is 70.8 Å². The molecule has 28 heavy (non-hydrogen) atoms. The zero-order chi connectivity index (χ0) is 20.7. The third-order valence-electron chi connectivity index (χ3n) is 4.53. The molecule has 1 amide bonds. The van der Waals surface area contributed by atoms with Crippen molar-refractivity contribution in [3.63, 3.8) is 0 Å². The molecule has 0 saturated heterocycles. The second-order valence-corrected chi connectivity index (χ2v) is 7.38. The van der Waals surface area contributed by atoms with Crippen LogP contribution in [0, 0.1) is 17.2 Å². The number of carbonyl (C=O) groups is 2. The second kappa shape index (κ2) is 9.70. The van der Waals surface area contributed by atoms with E-state index < -0.39 is 5.97 Å². The largest absolute Gasteiger partial charge is 0.452 e. The quantitative estimate of drug-likeness (QED) is 0.726. The zero-order valence-electron chi connectivity index (χ0n) is 16.7. The summed E-state index contributed by atoms with van der Waals surface area (Å²) in [6.45, 7) is 7.98. The Bertz CT molecular complexity index is 847. The molecule has 0 bridgehead atoms. The average Bonchev–Trinajstić information content (AvgIpc) is 2.70. The number of nitriles is 1. The van der Waals surface area contributed by atoms with Gasteiger partial charge in [-0.2, -0.15) is 5.26 Å². The molecule has 5 heteroatoms. The van der Waals surface area contributed by atoms with Crippen LogP contribution in [0.25, 0.3) is 0 Å². The lowest BCUT2D eigenvalue weighted by molar-refractivity contribution is -0.125. The first-order valence-corrected chi connectivity index (χ1v) is 9.38. The molecule has 5 nitrogen and oxygen atoms in total. The van der Waals surface area contributed by atoms with Crippen LogP contribution >= 0.6 is 0 Å². The summed E-state index contributed by atoms with van der Waals surface area (Å²) in [5.41, 5.74) is 3.02. The Balaban J connectivity index is 1.96. The second-order valence-electron chi connectivity index (χ2n) is 7.38. The van der Waals surface area contributed by atoms with E-state index in [1.54, 1.807) is 0 Å². The first-order valence-electron chi connectivity index (χ1n) is 9.38. The standard InChI is InChI=1S/C23H26N2O3/c1-15(2)18-9-11-19(12-10-18)22(16(3)4)25-21(26)14-28-23(27)20-7-5-17(13-24)6-8-20/h5-12,15-16,22H,14H2,1-4H3,(H,25,26)/t22-/m1/s1. The molecule has 0 radical (unpaired) electrons. The minimum Gasteiger partial charge on any atom is -0.452 e. The molecule has 0 aliphatic heterocycles. The summed E-state index contributed by atoms with van der Waals surface area (Å²) in [4.78, 5) is 24.4. The molecule has 2 aromatic rings. The Hall–Kier alpha value is -3.13. The van der Waals surface area contributed by atoms with Crippen LogP contribution in [0.4, 0.5) is 0 Å². The van der Waals surface area contributed by atoms with Crippen molar-refractivity contribution in [2.75, 3.05) is 6.61 Å². The molecule has 1 atom stereocenters. The van der Waals surface area contributed by atoms with Crippen molar-refractivity contribution in [1.82, 2.24) is 5.32 Å². The Morgan fingerprint density at radius 3 is 2.04 bits per heavy atom. The lowest BCUT2D eigenvalue weighted by Gasteiger charge is -2.23. The highest BCUT2D eigenvalue weighted by Gasteiger charge is 2.19. The maximum absolute atomic E-state index is 12.3. The van der Waals surface area contributed by atoms with Gasteiger partial charge in [0.1, 0.15) is 0 Å². The highest BCUT2D eigenvalue weighted by Crippen LogP contribution is 2.24. The Labute approximate surface area is 166 Å². The van der Waals surface area contributed by atoms with Gasteiger partial charge in [0.2, 0.25) is 0 Å². The van der Waals surface area contributed by atoms with Crippen LogP contribution in [0.2, 0.25) is 0 Å². The maximum atomic E-state index is 12.3. The fraction of sp³-hybridized carbons (Fsp3) is 0.348. The summed E-state index contributed by atoms with van der Waals surface area (Å²) in [6.07, 6.45) is 0. The van der Waals surface area contributed by atoms with E-state index in [1.165, 1.54) is 29.8 Å². The fourth-order valence-corrected chi connectivity index (χ4v) is 2.83. The summed E-state index contributed by atoms with van der Waals surface area (Å²) in [7, 11) is 0. The predicted octanol–water partition coefficient (Wildman–Crippen LogP) is 4.35. The first kappa shape index (κ1) is 21.2. The molecular weight excluding hydrogens is 352 g/mol. The smallest absolute Gasteiger partial charge is 0.338 e. The van der Waals surface area contributed by atoms with E-state index in [9.17, 15) is 9.59 Å². The third-order valence-corrected chi connectivity index (χ3v) is 4.53. The molecule has 1 N–H and O–H groups in total. The molecule has 0 fully saturated rings. The van der Waals surface area contributed by atoms with Crippen LogP contribution in [0.15, 0.2) is 48.5 Å². The number of benzene rings is 2. The lowest BCUT2D eigenvalue weighted by Crippen LogP contribution is -2.35. The van der Waals surface area contributed by atoms with E-state index >= 15 is 0 Å². The highest BCUT2D eigenvalue weighted by molar-refractivity contribution is 5.91. The van der Waals surface area contributed by atoms with Crippen molar-refractivity contribution in [1.29, 1.82) is 5.26 Å². The summed E-state index contributed by atoms with van der Waals surface area (Å²) < 4.78 is 5.10. The van der Waals surface area contributed by atoms with Gasteiger partial charge < -0.3 is 10.1 Å². The van der Waals surface area contributed by atoms with Crippen LogP contribution in [-0.2, 0) is 9.53 Å². The number of hydrogen-bond acceptors (Lipinski definition) is 4. The number of rotatable bonds is 7. The predicted molar refractivity (Wildman–Crippen MR) is 108 cm³/mol. The van der Waals surface area contributed by atoms with Gasteiger partial charge in [0.25, 0.3) is 5.91 Å². The number of esters is 1. The fourth-order valence-electron chi connectivity index (χ4n) is 2.83. The molecule has 0 aliphatic carbocycles. The monoisotopic (exact) mass is 378 g/mol. The number of amides is 1. The van der Waals surface area contributed by atoms with E-state index in [0.717, 1.165) is 5.56 Å². The number of ether oxygens (including phenoxy) is 1. The van der Waals surface area contributed by atoms with Crippen molar-refractivity contribution >= 4 is 11.9 Å². The van der Waals surface area contributed by atoms with Gasteiger partial charge in [-0.15, -0.1) is 0 Å². The lowest BCUT2D eigenvalue weighted by atomic mass is 9.93. The molecule has 0 aliphatic rings. The van der Waals surface area contributed by atoms with E-state index in [4.69, 9.17) is 10.00 Å². The van der Waals surface area contributed by atoms with Gasteiger partial charge in [0, 0.05) is 0 Å². The first-order chi connectivity index (χ1) is 13.3. The van der Waals surface area contributed by atoms with Crippen LogP contribution in [0.5, 0.6) is 0 Å². The summed E-state index contributed by atoms with van der Waals surface area (Å²) >= 11 is 0. The Kier molecular flexibility index (Phi) is 7.34. The number of nitrogens with zero attached hydrogens (tertiary/aromatic N) is 1. The van der Waals surface area contributed by atoms with E-state index in [1.807, 2.05) is 32.0 Å². The molecule has 0 spiro atoms.